The van der Waals surface area contributed by atoms with Gasteiger partial charge in [0.05, 0.1) is 6.54 Å². The predicted molar refractivity (Wildman–Crippen MR) is 76.0 cm³/mol. The minimum absolute atomic E-state index is 0.247. The average Bonchev–Trinajstić information content (AvgIpc) is 2.75. The Morgan fingerprint density at radius 1 is 1.50 bits per heavy atom. The van der Waals surface area contributed by atoms with Crippen LogP contribution in [0.5, 0.6) is 0 Å². The monoisotopic (exact) mass is 281 g/mol. The zero-order valence-electron chi connectivity index (χ0n) is 12.3. The Balaban J connectivity index is 1.83. The van der Waals surface area contributed by atoms with E-state index in [1.165, 1.54) is 0 Å². The number of rotatable bonds is 5. The molecule has 20 heavy (non-hydrogen) atoms. The number of aryl methyl sites for hydroxylation is 1. The summed E-state index contributed by atoms with van der Waals surface area (Å²) in [6, 6.07) is 2.07. The molecule has 0 bridgehead atoms. The van der Waals surface area contributed by atoms with Gasteiger partial charge in [0.2, 0.25) is 0 Å². The van der Waals surface area contributed by atoms with E-state index in [1.807, 2.05) is 0 Å². The lowest BCUT2D eigenvalue weighted by Gasteiger charge is -2.37. The quantitative estimate of drug-likeness (QED) is 0.825. The number of piperazine rings is 1. The lowest BCUT2D eigenvalue weighted by atomic mass is 10.2. The van der Waals surface area contributed by atoms with Crippen LogP contribution in [0, 0.1) is 6.92 Å². The van der Waals surface area contributed by atoms with Gasteiger partial charge in [0.25, 0.3) is 0 Å². The first kappa shape index (κ1) is 15.0. The number of carbonyl (C=O) groups is 1. The third kappa shape index (κ3) is 3.59. The summed E-state index contributed by atoms with van der Waals surface area (Å²) in [6.07, 6.45) is 0. The van der Waals surface area contributed by atoms with Crippen LogP contribution in [0.1, 0.15) is 21.9 Å². The second kappa shape index (κ2) is 6.39. The normalized spacial score (nSPS) is 21.2. The summed E-state index contributed by atoms with van der Waals surface area (Å²) in [7, 11) is 4.27. The number of likely N-dealkylation sites (N-methyl/N-ethyl adjacent to an activating group) is 2. The van der Waals surface area contributed by atoms with E-state index < -0.39 is 5.97 Å². The second-order valence-electron chi connectivity index (χ2n) is 5.52. The number of carboxylic acid groups (broad SMARTS) is 1. The van der Waals surface area contributed by atoms with E-state index in [4.69, 9.17) is 9.52 Å². The Morgan fingerprint density at radius 2 is 2.25 bits per heavy atom. The molecule has 1 aliphatic rings. The summed E-state index contributed by atoms with van der Waals surface area (Å²) >= 11 is 0. The van der Waals surface area contributed by atoms with E-state index in [0.29, 0.717) is 24.1 Å². The lowest BCUT2D eigenvalue weighted by Crippen LogP contribution is -2.53. The van der Waals surface area contributed by atoms with Crippen molar-refractivity contribution in [1.82, 2.24) is 15.1 Å². The molecule has 0 aliphatic carbocycles. The van der Waals surface area contributed by atoms with Crippen molar-refractivity contribution in [2.45, 2.75) is 19.5 Å². The van der Waals surface area contributed by atoms with Gasteiger partial charge < -0.3 is 19.7 Å². The Morgan fingerprint density at radius 3 is 2.90 bits per heavy atom. The fraction of sp³-hybridized carbons (Fsp3) is 0.643. The highest BCUT2D eigenvalue weighted by Gasteiger charge is 2.21. The summed E-state index contributed by atoms with van der Waals surface area (Å²) in [6.45, 7) is 6.32. The molecule has 0 radical (unpaired) electrons. The van der Waals surface area contributed by atoms with Crippen LogP contribution in [-0.2, 0) is 6.54 Å². The van der Waals surface area contributed by atoms with Crippen LogP contribution in [0.3, 0.4) is 0 Å². The molecule has 2 heterocycles. The maximum atomic E-state index is 10.9. The van der Waals surface area contributed by atoms with Gasteiger partial charge in [-0.1, -0.05) is 0 Å². The van der Waals surface area contributed by atoms with Crippen LogP contribution in [0.4, 0.5) is 0 Å². The van der Waals surface area contributed by atoms with E-state index in [0.717, 1.165) is 26.2 Å². The third-order valence-electron chi connectivity index (χ3n) is 3.86. The summed E-state index contributed by atoms with van der Waals surface area (Å²) in [4.78, 5) is 15.6. The molecule has 0 saturated carbocycles. The minimum atomic E-state index is -0.939. The van der Waals surface area contributed by atoms with Crippen LogP contribution < -0.4 is 5.32 Å². The maximum Gasteiger partial charge on any atom is 0.339 e. The van der Waals surface area contributed by atoms with Crippen molar-refractivity contribution in [1.29, 1.82) is 0 Å². The Bertz CT molecular complexity index is 472. The van der Waals surface area contributed by atoms with Gasteiger partial charge in [0.15, 0.2) is 0 Å². The van der Waals surface area contributed by atoms with E-state index in [1.54, 1.807) is 13.0 Å². The minimum Gasteiger partial charge on any atom is -0.478 e. The van der Waals surface area contributed by atoms with Crippen molar-refractivity contribution in [3.8, 4) is 0 Å². The van der Waals surface area contributed by atoms with E-state index in [-0.39, 0.29) is 5.56 Å². The first-order valence-electron chi connectivity index (χ1n) is 6.89. The van der Waals surface area contributed by atoms with Crippen LogP contribution in [0.2, 0.25) is 0 Å². The summed E-state index contributed by atoms with van der Waals surface area (Å²) < 4.78 is 5.45. The molecule has 0 aromatic carbocycles. The van der Waals surface area contributed by atoms with Crippen LogP contribution in [0.25, 0.3) is 0 Å². The van der Waals surface area contributed by atoms with Crippen molar-refractivity contribution in [2.24, 2.45) is 0 Å². The molecule has 1 atom stereocenters. The van der Waals surface area contributed by atoms with Gasteiger partial charge in [-0.25, -0.2) is 4.79 Å². The van der Waals surface area contributed by atoms with E-state index >= 15 is 0 Å². The molecule has 1 saturated heterocycles. The number of hydrogen-bond acceptors (Lipinski definition) is 5. The second-order valence-corrected chi connectivity index (χ2v) is 5.52. The Labute approximate surface area is 119 Å². The fourth-order valence-electron chi connectivity index (χ4n) is 2.53. The molecule has 1 unspecified atom stereocenters. The number of nitrogens with one attached hydrogen (secondary N) is 1. The Kier molecular flexibility index (Phi) is 4.80. The number of aromatic carboxylic acids is 1. The number of nitrogens with zero attached hydrogens (tertiary/aromatic N) is 2. The smallest absolute Gasteiger partial charge is 0.339 e. The highest BCUT2D eigenvalue weighted by molar-refractivity contribution is 5.88. The van der Waals surface area contributed by atoms with Gasteiger partial charge in [-0.05, 0) is 27.1 Å². The van der Waals surface area contributed by atoms with E-state index in [9.17, 15) is 4.79 Å². The molecule has 1 fully saturated rings. The topological polar surface area (TPSA) is 69.0 Å². The molecule has 6 heteroatoms. The number of hydrogen-bond donors (Lipinski definition) is 2. The zero-order valence-corrected chi connectivity index (χ0v) is 12.3. The molecule has 1 aliphatic heterocycles. The predicted octanol–water partition coefficient (Wildman–Crippen LogP) is 0.622. The van der Waals surface area contributed by atoms with Crippen LogP contribution >= 0.6 is 0 Å². The molecule has 1 aromatic rings. The molecular weight excluding hydrogens is 258 g/mol. The SMILES string of the molecule is Cc1oc(CNCC2CN(C)CCN2C)cc1C(=O)O. The summed E-state index contributed by atoms with van der Waals surface area (Å²) in [5, 5.41) is 12.3. The molecular formula is C14H23N3O3. The molecule has 0 amide bonds. The zero-order chi connectivity index (χ0) is 14.7. The number of furan rings is 1. The summed E-state index contributed by atoms with van der Waals surface area (Å²) in [5.74, 6) is 0.196. The molecule has 112 valence electrons. The number of carboxylic acids is 1. The van der Waals surface area contributed by atoms with Crippen LogP contribution in [-0.4, -0.2) is 67.2 Å². The third-order valence-corrected chi connectivity index (χ3v) is 3.86. The first-order valence-corrected chi connectivity index (χ1v) is 6.89. The highest BCUT2D eigenvalue weighted by Crippen LogP contribution is 2.14. The molecule has 6 nitrogen and oxygen atoms in total. The molecule has 1 aromatic heterocycles. The van der Waals surface area contributed by atoms with Crippen molar-refractivity contribution >= 4 is 5.97 Å². The average molecular weight is 281 g/mol. The molecule has 2 N–H and O–H groups in total. The Hall–Kier alpha value is -1.37. The molecule has 2 rings (SSSR count). The highest BCUT2D eigenvalue weighted by atomic mass is 16.4. The van der Waals surface area contributed by atoms with E-state index in [2.05, 4.69) is 29.2 Å². The first-order chi connectivity index (χ1) is 9.47. The van der Waals surface area contributed by atoms with Crippen LogP contribution in [0.15, 0.2) is 10.5 Å². The fourth-order valence-corrected chi connectivity index (χ4v) is 2.53. The van der Waals surface area contributed by atoms with Gasteiger partial charge >= 0.3 is 5.97 Å². The summed E-state index contributed by atoms with van der Waals surface area (Å²) in [5.41, 5.74) is 0.247. The lowest BCUT2D eigenvalue weighted by molar-refractivity contribution is 0.0695. The largest absolute Gasteiger partial charge is 0.478 e. The van der Waals surface area contributed by atoms with Gasteiger partial charge in [-0.3, -0.25) is 4.90 Å². The van der Waals surface area contributed by atoms with Crippen molar-refractivity contribution in [3.63, 3.8) is 0 Å². The molecule has 0 spiro atoms. The van der Waals surface area contributed by atoms with Gasteiger partial charge in [-0.2, -0.15) is 0 Å². The van der Waals surface area contributed by atoms with Gasteiger partial charge in [-0.15, -0.1) is 0 Å². The standard InChI is InChI=1S/C14H23N3O3/c1-10-13(14(18)19)6-12(20-10)8-15-7-11-9-16(2)4-5-17(11)3/h6,11,15H,4-5,7-9H2,1-3H3,(H,18,19). The van der Waals surface area contributed by atoms with Gasteiger partial charge in [0, 0.05) is 32.2 Å². The van der Waals surface area contributed by atoms with Gasteiger partial charge in [0.1, 0.15) is 17.1 Å². The van der Waals surface area contributed by atoms with Crippen molar-refractivity contribution in [2.75, 3.05) is 40.3 Å². The van der Waals surface area contributed by atoms with Crippen molar-refractivity contribution < 1.29 is 14.3 Å². The maximum absolute atomic E-state index is 10.9. The van der Waals surface area contributed by atoms with Crippen molar-refractivity contribution in [3.05, 3.63) is 23.2 Å².